The summed E-state index contributed by atoms with van der Waals surface area (Å²) in [4.78, 5) is 25.8. The molecule has 1 N–H and O–H groups in total. The number of aliphatic imine (C=N–C) groups is 1. The molecule has 2 aliphatic heterocycles. The molecule has 3 heterocycles. The molecule has 1 amide bonds. The molecule has 0 bridgehead atoms. The molecule has 1 aromatic rings. The molecular formula is C19H33IN6O2. The maximum atomic E-state index is 12.4. The van der Waals surface area contributed by atoms with Gasteiger partial charge < -0.3 is 24.4 Å². The molecule has 9 heteroatoms. The molecule has 1 unspecified atom stereocenters. The van der Waals surface area contributed by atoms with Gasteiger partial charge in [-0.15, -0.1) is 24.0 Å². The van der Waals surface area contributed by atoms with Gasteiger partial charge in [0.15, 0.2) is 11.7 Å². The molecule has 28 heavy (non-hydrogen) atoms. The molecule has 1 atom stereocenters. The number of piperazine rings is 2. The van der Waals surface area contributed by atoms with E-state index in [0.29, 0.717) is 24.9 Å². The highest BCUT2D eigenvalue weighted by atomic mass is 127. The molecule has 2 fully saturated rings. The lowest BCUT2D eigenvalue weighted by Crippen LogP contribution is -2.56. The molecule has 8 nitrogen and oxygen atoms in total. The van der Waals surface area contributed by atoms with Gasteiger partial charge in [-0.3, -0.25) is 14.7 Å². The number of halogens is 1. The van der Waals surface area contributed by atoms with Gasteiger partial charge in [0.2, 0.25) is 0 Å². The minimum absolute atomic E-state index is 0. The Labute approximate surface area is 184 Å². The molecule has 2 saturated heterocycles. The van der Waals surface area contributed by atoms with Crippen LogP contribution in [-0.4, -0.2) is 111 Å². The van der Waals surface area contributed by atoms with Crippen molar-refractivity contribution in [3.8, 4) is 0 Å². The fourth-order valence-electron chi connectivity index (χ4n) is 3.64. The molecular weight excluding hydrogens is 471 g/mol. The Morgan fingerprint density at radius 2 is 1.79 bits per heavy atom. The highest BCUT2D eigenvalue weighted by Crippen LogP contribution is 2.10. The van der Waals surface area contributed by atoms with Crippen molar-refractivity contribution >= 4 is 35.8 Å². The lowest BCUT2D eigenvalue weighted by Gasteiger charge is -2.38. The first-order chi connectivity index (χ1) is 13.1. The average molecular weight is 504 g/mol. The first kappa shape index (κ1) is 23.0. The van der Waals surface area contributed by atoms with Crippen LogP contribution in [0.2, 0.25) is 0 Å². The summed E-state index contributed by atoms with van der Waals surface area (Å²) in [6.07, 6.45) is 1.54. The number of nitrogens with zero attached hydrogens (tertiary/aromatic N) is 5. The minimum Gasteiger partial charge on any atom is -0.459 e. The number of hydrogen-bond donors (Lipinski definition) is 1. The fourth-order valence-corrected chi connectivity index (χ4v) is 3.64. The number of furan rings is 1. The third-order valence-electron chi connectivity index (χ3n) is 5.53. The van der Waals surface area contributed by atoms with E-state index in [4.69, 9.17) is 4.42 Å². The Balaban J connectivity index is 0.00000280. The van der Waals surface area contributed by atoms with E-state index < -0.39 is 0 Å². The van der Waals surface area contributed by atoms with Gasteiger partial charge in [0.05, 0.1) is 6.26 Å². The van der Waals surface area contributed by atoms with Crippen molar-refractivity contribution in [2.45, 2.75) is 13.0 Å². The summed E-state index contributed by atoms with van der Waals surface area (Å²) in [6, 6.07) is 3.93. The van der Waals surface area contributed by atoms with Gasteiger partial charge in [0.25, 0.3) is 5.91 Å². The lowest BCUT2D eigenvalue weighted by atomic mass is 10.2. The van der Waals surface area contributed by atoms with Crippen molar-refractivity contribution in [3.63, 3.8) is 0 Å². The number of carbonyl (C=O) groups excluding carboxylic acids is 1. The third kappa shape index (κ3) is 5.84. The van der Waals surface area contributed by atoms with E-state index in [0.717, 1.165) is 51.8 Å². The van der Waals surface area contributed by atoms with Crippen molar-refractivity contribution < 1.29 is 9.21 Å². The van der Waals surface area contributed by atoms with Gasteiger partial charge in [-0.25, -0.2) is 0 Å². The Morgan fingerprint density at radius 1 is 1.14 bits per heavy atom. The molecule has 0 aliphatic carbocycles. The smallest absolute Gasteiger partial charge is 0.289 e. The second-order valence-electron chi connectivity index (χ2n) is 7.37. The van der Waals surface area contributed by atoms with Crippen LogP contribution in [0.15, 0.2) is 27.8 Å². The Morgan fingerprint density at radius 3 is 2.36 bits per heavy atom. The molecule has 0 spiro atoms. The molecule has 2 aliphatic rings. The Hall–Kier alpha value is -1.33. The zero-order valence-corrected chi connectivity index (χ0v) is 19.5. The lowest BCUT2D eigenvalue weighted by molar-refractivity contribution is 0.0657. The largest absolute Gasteiger partial charge is 0.459 e. The zero-order valence-electron chi connectivity index (χ0n) is 17.1. The number of hydrogen-bond acceptors (Lipinski definition) is 5. The monoisotopic (exact) mass is 504 g/mol. The average Bonchev–Trinajstić information content (AvgIpc) is 3.23. The summed E-state index contributed by atoms with van der Waals surface area (Å²) in [5.74, 6) is 1.29. The highest BCUT2D eigenvalue weighted by Gasteiger charge is 2.26. The van der Waals surface area contributed by atoms with Crippen LogP contribution in [0.5, 0.6) is 0 Å². The molecule has 1 aromatic heterocycles. The normalized spacial score (nSPS) is 20.6. The minimum atomic E-state index is -0.0358. The van der Waals surface area contributed by atoms with Crippen LogP contribution >= 0.6 is 24.0 Å². The molecule has 0 aromatic carbocycles. The van der Waals surface area contributed by atoms with Gasteiger partial charge in [0, 0.05) is 72.0 Å². The predicted octanol–water partition coefficient (Wildman–Crippen LogP) is 0.867. The van der Waals surface area contributed by atoms with Gasteiger partial charge in [-0.05, 0) is 26.1 Å². The number of guanidine groups is 1. The fraction of sp³-hybridized carbons (Fsp3) is 0.684. The maximum Gasteiger partial charge on any atom is 0.289 e. The second kappa shape index (κ2) is 11.0. The van der Waals surface area contributed by atoms with Gasteiger partial charge >= 0.3 is 0 Å². The number of carbonyl (C=O) groups is 1. The van der Waals surface area contributed by atoms with E-state index in [9.17, 15) is 4.79 Å². The quantitative estimate of drug-likeness (QED) is 0.373. The van der Waals surface area contributed by atoms with Crippen LogP contribution in [0.4, 0.5) is 0 Å². The molecule has 0 radical (unpaired) electrons. The van der Waals surface area contributed by atoms with E-state index in [1.54, 1.807) is 12.1 Å². The Kier molecular flexibility index (Phi) is 9.03. The van der Waals surface area contributed by atoms with Gasteiger partial charge in [-0.1, -0.05) is 0 Å². The van der Waals surface area contributed by atoms with Crippen molar-refractivity contribution in [2.75, 3.05) is 73.0 Å². The van der Waals surface area contributed by atoms with E-state index in [-0.39, 0.29) is 29.9 Å². The number of rotatable bonds is 4. The summed E-state index contributed by atoms with van der Waals surface area (Å²) in [5.41, 5.74) is 0. The number of nitrogens with one attached hydrogen (secondary N) is 1. The molecule has 0 saturated carbocycles. The summed E-state index contributed by atoms with van der Waals surface area (Å²) < 4.78 is 5.22. The first-order valence-corrected chi connectivity index (χ1v) is 9.79. The standard InChI is InChI=1S/C19H32N6O2.HI/c1-16(23-8-6-22(3)7-9-23)15-21-19(20-2)25-12-10-24(11-13-25)18(26)17-5-4-14-27-17;/h4-5,14,16H,6-13,15H2,1-3H3,(H,20,21);1H. The maximum absolute atomic E-state index is 12.4. The number of amides is 1. The molecule has 3 rings (SSSR count). The van der Waals surface area contributed by atoms with Crippen molar-refractivity contribution in [1.29, 1.82) is 0 Å². The number of likely N-dealkylation sites (N-methyl/N-ethyl adjacent to an activating group) is 1. The summed E-state index contributed by atoms with van der Waals surface area (Å²) in [7, 11) is 4.00. The van der Waals surface area contributed by atoms with Crippen LogP contribution < -0.4 is 5.32 Å². The van der Waals surface area contributed by atoms with Crippen molar-refractivity contribution in [3.05, 3.63) is 24.2 Å². The van der Waals surface area contributed by atoms with Crippen molar-refractivity contribution in [1.82, 2.24) is 24.9 Å². The Bertz CT molecular complexity index is 622. The van der Waals surface area contributed by atoms with Crippen LogP contribution in [0.3, 0.4) is 0 Å². The second-order valence-corrected chi connectivity index (χ2v) is 7.37. The first-order valence-electron chi connectivity index (χ1n) is 9.79. The van der Waals surface area contributed by atoms with Gasteiger partial charge in [-0.2, -0.15) is 0 Å². The summed E-state index contributed by atoms with van der Waals surface area (Å²) >= 11 is 0. The van der Waals surface area contributed by atoms with E-state index in [1.807, 2.05) is 11.9 Å². The summed E-state index contributed by atoms with van der Waals surface area (Å²) in [6.45, 7) is 10.5. The third-order valence-corrected chi connectivity index (χ3v) is 5.53. The van der Waals surface area contributed by atoms with Crippen LogP contribution in [0.1, 0.15) is 17.5 Å². The molecule has 158 valence electrons. The van der Waals surface area contributed by atoms with E-state index >= 15 is 0 Å². The van der Waals surface area contributed by atoms with Gasteiger partial charge in [0.1, 0.15) is 0 Å². The summed E-state index contributed by atoms with van der Waals surface area (Å²) in [5, 5.41) is 3.52. The topological polar surface area (TPSA) is 67.6 Å². The van der Waals surface area contributed by atoms with E-state index in [2.05, 4.69) is 39.0 Å². The SMILES string of the molecule is CN=C(NCC(C)N1CCN(C)CC1)N1CCN(C(=O)c2ccco2)CC1.I. The van der Waals surface area contributed by atoms with Crippen LogP contribution in [0.25, 0.3) is 0 Å². The van der Waals surface area contributed by atoms with E-state index in [1.165, 1.54) is 6.26 Å². The highest BCUT2D eigenvalue weighted by molar-refractivity contribution is 14.0. The zero-order chi connectivity index (χ0) is 19.2. The predicted molar refractivity (Wildman–Crippen MR) is 121 cm³/mol. The van der Waals surface area contributed by atoms with Crippen molar-refractivity contribution in [2.24, 2.45) is 4.99 Å². The van der Waals surface area contributed by atoms with Crippen LogP contribution in [0, 0.1) is 0 Å². The van der Waals surface area contributed by atoms with Crippen LogP contribution in [-0.2, 0) is 0 Å².